The van der Waals surface area contributed by atoms with Crippen molar-refractivity contribution in [3.63, 3.8) is 0 Å². The van der Waals surface area contributed by atoms with Crippen molar-refractivity contribution in [1.82, 2.24) is 10.5 Å². The lowest BCUT2D eigenvalue weighted by molar-refractivity contribution is -0.153. The Kier molecular flexibility index (Phi) is 6.35. The highest BCUT2D eigenvalue weighted by molar-refractivity contribution is 5.85. The number of hydroxylamine groups is 3. The number of hydrogen-bond acceptors (Lipinski definition) is 5. The molecule has 2 N–H and O–H groups in total. The topological polar surface area (TPSA) is 62.8 Å². The molecule has 0 bridgehead atoms. The predicted octanol–water partition coefficient (Wildman–Crippen LogP) is 5.88. The number of carbonyl (C=O) groups is 1. The van der Waals surface area contributed by atoms with Crippen LogP contribution in [0.25, 0.3) is 5.70 Å². The van der Waals surface area contributed by atoms with E-state index in [1.54, 1.807) is 0 Å². The van der Waals surface area contributed by atoms with Crippen molar-refractivity contribution in [2.24, 2.45) is 0 Å². The molecule has 0 atom stereocenters. The standard InChI is InChI=1S/C25H28F3N3O3/c1-23(2,3)18-10-8-17(9-11-18)21-16-24(34-30-21)12-14-31(15-13-24)33-22(32)29-20-7-5-4-6-19(20)25(26,27)28/h4-11,16,30H,12-15H2,1-3H3,(H,29,32). The van der Waals surface area contributed by atoms with Crippen LogP contribution in [0.5, 0.6) is 0 Å². The Morgan fingerprint density at radius 2 is 1.71 bits per heavy atom. The second kappa shape index (κ2) is 8.96. The summed E-state index contributed by atoms with van der Waals surface area (Å²) in [5, 5.41) is 3.63. The minimum Gasteiger partial charge on any atom is -0.351 e. The van der Waals surface area contributed by atoms with E-state index >= 15 is 0 Å². The number of nitrogens with zero attached hydrogens (tertiary/aromatic N) is 1. The van der Waals surface area contributed by atoms with E-state index in [0.717, 1.165) is 17.3 Å². The van der Waals surface area contributed by atoms with Gasteiger partial charge in [0.25, 0.3) is 0 Å². The van der Waals surface area contributed by atoms with Crippen molar-refractivity contribution in [2.45, 2.75) is 50.8 Å². The van der Waals surface area contributed by atoms with E-state index in [2.05, 4.69) is 61.9 Å². The molecule has 1 saturated heterocycles. The number of anilines is 1. The second-order valence-corrected chi connectivity index (χ2v) is 9.63. The molecule has 0 radical (unpaired) electrons. The average Bonchev–Trinajstić information content (AvgIpc) is 3.18. The first-order valence-corrected chi connectivity index (χ1v) is 11.1. The number of nitrogens with one attached hydrogen (secondary N) is 2. The number of amides is 1. The first-order chi connectivity index (χ1) is 16.0. The molecule has 2 aromatic carbocycles. The van der Waals surface area contributed by atoms with Crippen molar-refractivity contribution in [3.8, 4) is 0 Å². The molecule has 0 unspecified atom stereocenters. The third-order valence-electron chi connectivity index (χ3n) is 6.08. The fourth-order valence-corrected chi connectivity index (χ4v) is 4.06. The number of benzene rings is 2. The van der Waals surface area contributed by atoms with E-state index in [0.29, 0.717) is 25.9 Å². The van der Waals surface area contributed by atoms with E-state index in [1.807, 2.05) is 0 Å². The van der Waals surface area contributed by atoms with E-state index in [1.165, 1.54) is 28.8 Å². The van der Waals surface area contributed by atoms with Crippen LogP contribution in [-0.2, 0) is 21.3 Å². The van der Waals surface area contributed by atoms with Crippen LogP contribution in [0.1, 0.15) is 50.3 Å². The van der Waals surface area contributed by atoms with Crippen LogP contribution in [0.4, 0.5) is 23.7 Å². The fraction of sp³-hybridized carbons (Fsp3) is 0.400. The maximum Gasteiger partial charge on any atom is 0.430 e. The Bertz CT molecular complexity index is 1070. The lowest BCUT2D eigenvalue weighted by Gasteiger charge is -2.35. The molecule has 1 fully saturated rings. The molecule has 2 aliphatic heterocycles. The largest absolute Gasteiger partial charge is 0.430 e. The summed E-state index contributed by atoms with van der Waals surface area (Å²) in [5.74, 6) is 0. The van der Waals surface area contributed by atoms with Crippen molar-refractivity contribution < 1.29 is 27.6 Å². The van der Waals surface area contributed by atoms with Gasteiger partial charge in [0.05, 0.1) is 16.9 Å². The molecule has 1 amide bonds. The summed E-state index contributed by atoms with van der Waals surface area (Å²) in [6.07, 6.45) is -2.39. The van der Waals surface area contributed by atoms with Gasteiger partial charge in [0.2, 0.25) is 0 Å². The Morgan fingerprint density at radius 3 is 2.32 bits per heavy atom. The van der Waals surface area contributed by atoms with E-state index in [-0.39, 0.29) is 11.1 Å². The zero-order valence-electron chi connectivity index (χ0n) is 19.3. The molecule has 4 rings (SSSR count). The summed E-state index contributed by atoms with van der Waals surface area (Å²) in [6, 6.07) is 13.1. The third kappa shape index (κ3) is 5.37. The second-order valence-electron chi connectivity index (χ2n) is 9.63. The van der Waals surface area contributed by atoms with Gasteiger partial charge in [0.1, 0.15) is 5.60 Å². The van der Waals surface area contributed by atoms with Crippen LogP contribution in [0.2, 0.25) is 0 Å². The van der Waals surface area contributed by atoms with Crippen LogP contribution in [0, 0.1) is 0 Å². The Morgan fingerprint density at radius 1 is 1.06 bits per heavy atom. The van der Waals surface area contributed by atoms with Gasteiger partial charge in [-0.1, -0.05) is 57.2 Å². The van der Waals surface area contributed by atoms with Gasteiger partial charge in [-0.15, -0.1) is 5.06 Å². The Hall–Kier alpha value is -3.04. The van der Waals surface area contributed by atoms with Gasteiger partial charge in [-0.3, -0.25) is 15.6 Å². The van der Waals surface area contributed by atoms with Crippen molar-refractivity contribution in [3.05, 3.63) is 71.3 Å². The number of alkyl halides is 3. The molecule has 9 heteroatoms. The zero-order valence-corrected chi connectivity index (χ0v) is 19.3. The van der Waals surface area contributed by atoms with Gasteiger partial charge in [0.15, 0.2) is 0 Å². The fourth-order valence-electron chi connectivity index (χ4n) is 4.06. The molecule has 34 heavy (non-hydrogen) atoms. The van der Waals surface area contributed by atoms with E-state index < -0.39 is 23.4 Å². The minimum absolute atomic E-state index is 0.0711. The van der Waals surface area contributed by atoms with Crippen molar-refractivity contribution >= 4 is 17.5 Å². The van der Waals surface area contributed by atoms with E-state index in [4.69, 9.17) is 9.68 Å². The highest BCUT2D eigenvalue weighted by Crippen LogP contribution is 2.36. The molecular formula is C25H28F3N3O3. The zero-order chi connectivity index (χ0) is 24.6. The van der Waals surface area contributed by atoms with Gasteiger partial charge in [0, 0.05) is 13.1 Å². The van der Waals surface area contributed by atoms with Gasteiger partial charge < -0.3 is 4.84 Å². The summed E-state index contributed by atoms with van der Waals surface area (Å²) in [7, 11) is 0. The van der Waals surface area contributed by atoms with Gasteiger partial charge in [-0.2, -0.15) is 13.2 Å². The van der Waals surface area contributed by atoms with Crippen molar-refractivity contribution in [2.75, 3.05) is 18.4 Å². The smallest absolute Gasteiger partial charge is 0.351 e. The molecule has 6 nitrogen and oxygen atoms in total. The van der Waals surface area contributed by atoms with Crippen LogP contribution >= 0.6 is 0 Å². The highest BCUT2D eigenvalue weighted by atomic mass is 19.4. The van der Waals surface area contributed by atoms with Crippen molar-refractivity contribution in [1.29, 1.82) is 0 Å². The minimum atomic E-state index is -4.58. The number of para-hydroxylation sites is 1. The van der Waals surface area contributed by atoms with Gasteiger partial charge in [-0.25, -0.2) is 4.79 Å². The number of piperidine rings is 1. The number of hydrogen-bond donors (Lipinski definition) is 2. The number of rotatable bonds is 3. The molecule has 0 aromatic heterocycles. The maximum atomic E-state index is 13.1. The normalized spacial score (nSPS) is 18.4. The summed E-state index contributed by atoms with van der Waals surface area (Å²) in [4.78, 5) is 23.3. The summed E-state index contributed by atoms with van der Waals surface area (Å²) in [5.41, 5.74) is 4.43. The van der Waals surface area contributed by atoms with E-state index in [9.17, 15) is 18.0 Å². The summed E-state index contributed by atoms with van der Waals surface area (Å²) < 4.78 is 39.4. The molecular weight excluding hydrogens is 447 g/mol. The molecule has 2 aliphatic rings. The molecule has 2 heterocycles. The quantitative estimate of drug-likeness (QED) is 0.581. The van der Waals surface area contributed by atoms with Gasteiger partial charge in [-0.05, 0) is 47.6 Å². The van der Waals surface area contributed by atoms with Gasteiger partial charge >= 0.3 is 12.3 Å². The third-order valence-corrected chi connectivity index (χ3v) is 6.08. The lowest BCUT2D eigenvalue weighted by Crippen LogP contribution is -2.45. The molecule has 2 aromatic rings. The first kappa shape index (κ1) is 24.1. The predicted molar refractivity (Wildman–Crippen MR) is 122 cm³/mol. The summed E-state index contributed by atoms with van der Waals surface area (Å²) >= 11 is 0. The maximum absolute atomic E-state index is 13.1. The summed E-state index contributed by atoms with van der Waals surface area (Å²) in [6.45, 7) is 7.25. The monoisotopic (exact) mass is 475 g/mol. The average molecular weight is 476 g/mol. The van der Waals surface area contributed by atoms with Crippen LogP contribution < -0.4 is 10.8 Å². The molecule has 0 aliphatic carbocycles. The number of halogens is 3. The lowest BCUT2D eigenvalue weighted by atomic mass is 9.86. The Labute approximate surface area is 196 Å². The first-order valence-electron chi connectivity index (χ1n) is 11.1. The Balaban J connectivity index is 1.34. The van der Waals surface area contributed by atoms with Crippen LogP contribution in [-0.4, -0.2) is 29.8 Å². The molecule has 0 saturated carbocycles. The highest BCUT2D eigenvalue weighted by Gasteiger charge is 2.40. The molecule has 1 spiro atoms. The molecule has 182 valence electrons. The SMILES string of the molecule is CC(C)(C)c1ccc(C2=CC3(CCN(OC(=O)Nc4ccccc4C(F)(F)F)CC3)ON2)cc1. The number of carbonyl (C=O) groups excluding carboxylic acids is 1. The van der Waals surface area contributed by atoms with Crippen LogP contribution in [0.3, 0.4) is 0 Å². The van der Waals surface area contributed by atoms with Crippen LogP contribution in [0.15, 0.2) is 54.6 Å².